The van der Waals surface area contributed by atoms with Gasteiger partial charge in [-0.05, 0) is 61.7 Å². The number of hydrogen-bond donors (Lipinski definition) is 2. The third-order valence-corrected chi connectivity index (χ3v) is 4.02. The minimum Gasteiger partial charge on any atom is -0.493 e. The summed E-state index contributed by atoms with van der Waals surface area (Å²) >= 11 is 0. The third-order valence-electron chi connectivity index (χ3n) is 4.02. The van der Waals surface area contributed by atoms with Crippen molar-refractivity contribution < 1.29 is 14.3 Å². The highest BCUT2D eigenvalue weighted by Crippen LogP contribution is 2.29. The summed E-state index contributed by atoms with van der Waals surface area (Å²) in [6.07, 6.45) is 0. The molecule has 0 aliphatic heterocycles. The average Bonchev–Trinajstić information content (AvgIpc) is 2.57. The van der Waals surface area contributed by atoms with Crippen molar-refractivity contribution in [3.63, 3.8) is 0 Å². The molecule has 1 unspecified atom stereocenters. The van der Waals surface area contributed by atoms with Crippen LogP contribution in [0.25, 0.3) is 0 Å². The van der Waals surface area contributed by atoms with E-state index < -0.39 is 0 Å². The number of hydrogen-bond acceptors (Lipinski definition) is 3. The van der Waals surface area contributed by atoms with E-state index in [4.69, 9.17) is 9.47 Å². The Bertz CT molecular complexity index is 729. The van der Waals surface area contributed by atoms with Crippen LogP contribution in [-0.4, -0.2) is 20.3 Å². The number of carbonyl (C=O) groups excluding carboxylic acids is 1. The van der Waals surface area contributed by atoms with Crippen molar-refractivity contribution >= 4 is 11.7 Å². The van der Waals surface area contributed by atoms with Crippen LogP contribution in [0.3, 0.4) is 0 Å². The molecule has 5 heteroatoms. The Labute approximate surface area is 143 Å². The predicted molar refractivity (Wildman–Crippen MR) is 96.0 cm³/mol. The second kappa shape index (κ2) is 7.73. The summed E-state index contributed by atoms with van der Waals surface area (Å²) in [7, 11) is 3.18. The zero-order valence-corrected chi connectivity index (χ0v) is 14.8. The fraction of sp³-hybridized carbons (Fsp3) is 0.316. The van der Waals surface area contributed by atoms with E-state index in [-0.39, 0.29) is 12.1 Å². The molecule has 0 saturated heterocycles. The Kier molecular flexibility index (Phi) is 5.68. The van der Waals surface area contributed by atoms with Gasteiger partial charge in [0.25, 0.3) is 0 Å². The first-order valence-electron chi connectivity index (χ1n) is 7.81. The van der Waals surface area contributed by atoms with Crippen molar-refractivity contribution in [1.29, 1.82) is 0 Å². The third kappa shape index (κ3) is 4.19. The van der Waals surface area contributed by atoms with Gasteiger partial charge in [0.1, 0.15) is 0 Å². The molecule has 2 aromatic rings. The maximum Gasteiger partial charge on any atom is 0.319 e. The molecule has 2 aromatic carbocycles. The maximum absolute atomic E-state index is 12.2. The van der Waals surface area contributed by atoms with Gasteiger partial charge in [-0.2, -0.15) is 0 Å². The normalized spacial score (nSPS) is 11.5. The van der Waals surface area contributed by atoms with E-state index in [0.29, 0.717) is 11.5 Å². The number of anilines is 1. The number of rotatable bonds is 5. The molecule has 0 radical (unpaired) electrons. The standard InChI is InChI=1S/C19H24N2O3/c1-12-6-8-16(10-13(12)2)21-19(22)20-14(3)15-7-9-17(23-4)18(11-15)24-5/h6-11,14H,1-5H3,(H2,20,21,22). The predicted octanol–water partition coefficient (Wildman–Crippen LogP) is 4.20. The first-order valence-corrected chi connectivity index (χ1v) is 7.81. The highest BCUT2D eigenvalue weighted by Gasteiger charge is 2.13. The highest BCUT2D eigenvalue weighted by atomic mass is 16.5. The summed E-state index contributed by atoms with van der Waals surface area (Å²) in [6.45, 7) is 5.98. The monoisotopic (exact) mass is 328 g/mol. The number of nitrogens with one attached hydrogen (secondary N) is 2. The molecule has 2 N–H and O–H groups in total. The summed E-state index contributed by atoms with van der Waals surface area (Å²) in [6, 6.07) is 11.0. The lowest BCUT2D eigenvalue weighted by molar-refractivity contribution is 0.249. The summed E-state index contributed by atoms with van der Waals surface area (Å²) < 4.78 is 10.5. The summed E-state index contributed by atoms with van der Waals surface area (Å²) in [4.78, 5) is 12.2. The highest BCUT2D eigenvalue weighted by molar-refractivity contribution is 5.89. The van der Waals surface area contributed by atoms with Gasteiger partial charge in [-0.3, -0.25) is 0 Å². The molecule has 0 aliphatic carbocycles. The molecule has 0 aliphatic rings. The SMILES string of the molecule is COc1ccc(C(C)NC(=O)Nc2ccc(C)c(C)c2)cc1OC. The van der Waals surface area contributed by atoms with Crippen molar-refractivity contribution in [3.8, 4) is 11.5 Å². The molecule has 24 heavy (non-hydrogen) atoms. The Morgan fingerprint density at radius 2 is 1.67 bits per heavy atom. The van der Waals surface area contributed by atoms with Crippen LogP contribution in [0.15, 0.2) is 36.4 Å². The van der Waals surface area contributed by atoms with Crippen molar-refractivity contribution in [2.75, 3.05) is 19.5 Å². The van der Waals surface area contributed by atoms with Gasteiger partial charge in [-0.1, -0.05) is 12.1 Å². The van der Waals surface area contributed by atoms with Crippen molar-refractivity contribution in [2.24, 2.45) is 0 Å². The lowest BCUT2D eigenvalue weighted by atomic mass is 10.1. The molecule has 128 valence electrons. The largest absolute Gasteiger partial charge is 0.493 e. The topological polar surface area (TPSA) is 59.6 Å². The van der Waals surface area contributed by atoms with E-state index in [1.54, 1.807) is 14.2 Å². The lowest BCUT2D eigenvalue weighted by Gasteiger charge is -2.17. The number of amides is 2. The minimum absolute atomic E-state index is 0.170. The van der Waals surface area contributed by atoms with E-state index in [2.05, 4.69) is 10.6 Å². The molecule has 0 fully saturated rings. The number of urea groups is 1. The first kappa shape index (κ1) is 17.7. The smallest absolute Gasteiger partial charge is 0.319 e. The number of benzene rings is 2. The van der Waals surface area contributed by atoms with Gasteiger partial charge >= 0.3 is 6.03 Å². The van der Waals surface area contributed by atoms with Gasteiger partial charge in [0.05, 0.1) is 20.3 Å². The van der Waals surface area contributed by atoms with E-state index >= 15 is 0 Å². The summed E-state index contributed by atoms with van der Waals surface area (Å²) in [5, 5.41) is 5.78. The Hall–Kier alpha value is -2.69. The van der Waals surface area contributed by atoms with Crippen LogP contribution in [-0.2, 0) is 0 Å². The molecule has 0 saturated carbocycles. The Balaban J connectivity index is 2.04. The minimum atomic E-state index is -0.250. The molecule has 0 heterocycles. The molecule has 2 amide bonds. The first-order chi connectivity index (χ1) is 11.4. The van der Waals surface area contributed by atoms with E-state index in [1.807, 2.05) is 57.2 Å². The van der Waals surface area contributed by atoms with Crippen LogP contribution in [0, 0.1) is 13.8 Å². The van der Waals surface area contributed by atoms with Gasteiger partial charge in [-0.15, -0.1) is 0 Å². The molecule has 1 atom stereocenters. The second-order valence-corrected chi connectivity index (χ2v) is 5.73. The van der Waals surface area contributed by atoms with E-state index in [0.717, 1.165) is 16.8 Å². The van der Waals surface area contributed by atoms with Gasteiger partial charge in [0.2, 0.25) is 0 Å². The Morgan fingerprint density at radius 3 is 2.29 bits per heavy atom. The van der Waals surface area contributed by atoms with Crippen LogP contribution in [0.4, 0.5) is 10.5 Å². The maximum atomic E-state index is 12.2. The van der Waals surface area contributed by atoms with Gasteiger partial charge in [0, 0.05) is 5.69 Å². The van der Waals surface area contributed by atoms with Gasteiger partial charge < -0.3 is 20.1 Å². The Morgan fingerprint density at radius 1 is 0.958 bits per heavy atom. The molecular formula is C19H24N2O3. The zero-order valence-electron chi connectivity index (χ0n) is 14.8. The summed E-state index contributed by atoms with van der Waals surface area (Å²) in [5.74, 6) is 1.30. The van der Waals surface area contributed by atoms with Crippen molar-refractivity contribution in [2.45, 2.75) is 26.8 Å². The van der Waals surface area contributed by atoms with Gasteiger partial charge in [0.15, 0.2) is 11.5 Å². The fourth-order valence-electron chi connectivity index (χ4n) is 2.39. The van der Waals surface area contributed by atoms with Crippen molar-refractivity contribution in [1.82, 2.24) is 5.32 Å². The number of ether oxygens (including phenoxy) is 2. The van der Waals surface area contributed by atoms with Crippen LogP contribution in [0.2, 0.25) is 0 Å². The molecule has 0 spiro atoms. The molecule has 0 aromatic heterocycles. The molecule has 0 bridgehead atoms. The molecule has 2 rings (SSSR count). The number of carbonyl (C=O) groups is 1. The lowest BCUT2D eigenvalue weighted by Crippen LogP contribution is -2.31. The number of aryl methyl sites for hydroxylation is 2. The number of methoxy groups -OCH3 is 2. The molecule has 5 nitrogen and oxygen atoms in total. The van der Waals surface area contributed by atoms with Crippen molar-refractivity contribution in [3.05, 3.63) is 53.1 Å². The van der Waals surface area contributed by atoms with Crippen LogP contribution in [0.1, 0.15) is 29.7 Å². The van der Waals surface area contributed by atoms with Crippen LogP contribution >= 0.6 is 0 Å². The van der Waals surface area contributed by atoms with E-state index in [1.165, 1.54) is 5.56 Å². The summed E-state index contributed by atoms with van der Waals surface area (Å²) in [5.41, 5.74) is 4.04. The van der Waals surface area contributed by atoms with Gasteiger partial charge in [-0.25, -0.2) is 4.79 Å². The fourth-order valence-corrected chi connectivity index (χ4v) is 2.39. The van der Waals surface area contributed by atoms with Crippen LogP contribution < -0.4 is 20.1 Å². The van der Waals surface area contributed by atoms with Crippen LogP contribution in [0.5, 0.6) is 11.5 Å². The second-order valence-electron chi connectivity index (χ2n) is 5.73. The average molecular weight is 328 g/mol. The zero-order chi connectivity index (χ0) is 17.7. The molecular weight excluding hydrogens is 304 g/mol. The quantitative estimate of drug-likeness (QED) is 0.864. The van der Waals surface area contributed by atoms with E-state index in [9.17, 15) is 4.79 Å².